The van der Waals surface area contributed by atoms with Gasteiger partial charge in [-0.2, -0.15) is 0 Å². The average Bonchev–Trinajstić information content (AvgIpc) is 2.44. The van der Waals surface area contributed by atoms with E-state index in [0.29, 0.717) is 5.28 Å². The summed E-state index contributed by atoms with van der Waals surface area (Å²) in [5, 5.41) is 3.58. The topological polar surface area (TPSA) is 41.0 Å². The molecule has 1 aliphatic carbocycles. The van der Waals surface area contributed by atoms with Gasteiger partial charge in [0.2, 0.25) is 5.28 Å². The highest BCUT2D eigenvalue weighted by atomic mass is 35.5. The zero-order valence-electron chi connectivity index (χ0n) is 11.6. The first-order valence-electron chi connectivity index (χ1n) is 7.18. The van der Waals surface area contributed by atoms with Gasteiger partial charge >= 0.3 is 0 Å². The molecule has 0 spiro atoms. The van der Waals surface area contributed by atoms with Gasteiger partial charge in [0, 0.05) is 18.8 Å². The Balaban J connectivity index is 1.63. The molecule has 1 aromatic heterocycles. The molecule has 1 N–H and O–H groups in total. The third kappa shape index (κ3) is 4.96. The zero-order valence-corrected chi connectivity index (χ0v) is 12.4. The van der Waals surface area contributed by atoms with Crippen LogP contribution in [0.4, 0.5) is 5.82 Å². The number of rotatable bonds is 6. The van der Waals surface area contributed by atoms with Crippen LogP contribution in [0.2, 0.25) is 5.28 Å². The van der Waals surface area contributed by atoms with Gasteiger partial charge in [-0.15, -0.1) is 0 Å². The molecule has 0 amide bonds. The lowest BCUT2D eigenvalue weighted by Gasteiger charge is -2.31. The molecule has 1 aliphatic rings. The van der Waals surface area contributed by atoms with Gasteiger partial charge in [0.15, 0.2) is 0 Å². The number of hydrogen-bond acceptors (Lipinski definition) is 4. The second-order valence-electron chi connectivity index (χ2n) is 5.26. The predicted octanol–water partition coefficient (Wildman–Crippen LogP) is 3.20. The third-order valence-corrected chi connectivity index (χ3v) is 4.00. The van der Waals surface area contributed by atoms with Crippen LogP contribution in [0.1, 0.15) is 38.5 Å². The van der Waals surface area contributed by atoms with E-state index in [1.54, 1.807) is 6.20 Å². The van der Waals surface area contributed by atoms with Crippen LogP contribution in [0.5, 0.6) is 0 Å². The van der Waals surface area contributed by atoms with Crippen LogP contribution in [0.25, 0.3) is 0 Å². The van der Waals surface area contributed by atoms with Gasteiger partial charge in [0.25, 0.3) is 0 Å². The van der Waals surface area contributed by atoms with Gasteiger partial charge in [0.05, 0.1) is 0 Å². The number of anilines is 1. The SMILES string of the molecule is CN(CCCNc1ccnc(Cl)n1)C1CCCCC1. The normalized spacial score (nSPS) is 16.8. The molecule has 0 radical (unpaired) electrons. The van der Waals surface area contributed by atoms with E-state index in [9.17, 15) is 0 Å². The molecule has 106 valence electrons. The van der Waals surface area contributed by atoms with E-state index >= 15 is 0 Å². The van der Waals surface area contributed by atoms with E-state index in [4.69, 9.17) is 11.6 Å². The highest BCUT2D eigenvalue weighted by molar-refractivity contribution is 6.28. The number of nitrogens with zero attached hydrogens (tertiary/aromatic N) is 3. The Bertz CT molecular complexity index is 379. The smallest absolute Gasteiger partial charge is 0.224 e. The molecule has 0 aromatic carbocycles. The minimum atomic E-state index is 0.296. The minimum Gasteiger partial charge on any atom is -0.370 e. The monoisotopic (exact) mass is 282 g/mol. The second-order valence-corrected chi connectivity index (χ2v) is 5.60. The van der Waals surface area contributed by atoms with Crippen molar-refractivity contribution in [2.75, 3.05) is 25.5 Å². The van der Waals surface area contributed by atoms with Crippen molar-refractivity contribution in [2.45, 2.75) is 44.6 Å². The molecule has 1 saturated carbocycles. The van der Waals surface area contributed by atoms with E-state index in [2.05, 4.69) is 27.2 Å². The number of aromatic nitrogens is 2. The summed E-state index contributed by atoms with van der Waals surface area (Å²) in [6, 6.07) is 2.64. The largest absolute Gasteiger partial charge is 0.370 e. The van der Waals surface area contributed by atoms with Crippen LogP contribution in [0, 0.1) is 0 Å². The van der Waals surface area contributed by atoms with Gasteiger partial charge in [-0.1, -0.05) is 19.3 Å². The van der Waals surface area contributed by atoms with Crippen LogP contribution in [0.15, 0.2) is 12.3 Å². The molecule has 0 saturated heterocycles. The van der Waals surface area contributed by atoms with Gasteiger partial charge in [-0.3, -0.25) is 0 Å². The molecule has 0 aliphatic heterocycles. The van der Waals surface area contributed by atoms with Crippen molar-refractivity contribution in [2.24, 2.45) is 0 Å². The van der Waals surface area contributed by atoms with Crippen LogP contribution in [-0.2, 0) is 0 Å². The molecule has 1 aromatic rings. The second kappa shape index (κ2) is 7.65. The lowest BCUT2D eigenvalue weighted by Crippen LogP contribution is -2.34. The van der Waals surface area contributed by atoms with Crippen LogP contribution >= 0.6 is 11.6 Å². The Morgan fingerprint density at radius 2 is 2.16 bits per heavy atom. The van der Waals surface area contributed by atoms with E-state index < -0.39 is 0 Å². The Morgan fingerprint density at radius 3 is 2.89 bits per heavy atom. The molecule has 4 nitrogen and oxygen atoms in total. The van der Waals surface area contributed by atoms with Crippen LogP contribution in [-0.4, -0.2) is 41.0 Å². The quantitative estimate of drug-likeness (QED) is 0.643. The van der Waals surface area contributed by atoms with Crippen molar-refractivity contribution in [1.29, 1.82) is 0 Å². The van der Waals surface area contributed by atoms with Gasteiger partial charge in [-0.05, 0) is 50.5 Å². The summed E-state index contributed by atoms with van der Waals surface area (Å²) in [6.45, 7) is 2.06. The van der Waals surface area contributed by atoms with Crippen molar-refractivity contribution in [1.82, 2.24) is 14.9 Å². The first-order valence-corrected chi connectivity index (χ1v) is 7.56. The molecule has 0 bridgehead atoms. The summed E-state index contributed by atoms with van der Waals surface area (Å²) < 4.78 is 0. The van der Waals surface area contributed by atoms with E-state index in [1.807, 2.05) is 6.07 Å². The van der Waals surface area contributed by atoms with Crippen LogP contribution in [0.3, 0.4) is 0 Å². The zero-order chi connectivity index (χ0) is 13.5. The molecule has 2 rings (SSSR count). The first-order chi connectivity index (χ1) is 9.25. The Morgan fingerprint density at radius 1 is 1.37 bits per heavy atom. The minimum absolute atomic E-state index is 0.296. The summed E-state index contributed by atoms with van der Waals surface area (Å²) in [6.07, 6.45) is 9.73. The lowest BCUT2D eigenvalue weighted by atomic mass is 9.94. The number of halogens is 1. The third-order valence-electron chi connectivity index (χ3n) is 3.82. The Kier molecular flexibility index (Phi) is 5.86. The van der Waals surface area contributed by atoms with Crippen molar-refractivity contribution >= 4 is 17.4 Å². The van der Waals surface area contributed by atoms with E-state index in [0.717, 1.165) is 31.4 Å². The molecule has 1 fully saturated rings. The predicted molar refractivity (Wildman–Crippen MR) is 79.7 cm³/mol. The molecular formula is C14H23ClN4. The molecular weight excluding hydrogens is 260 g/mol. The summed E-state index contributed by atoms with van der Waals surface area (Å²) in [7, 11) is 2.25. The maximum absolute atomic E-state index is 5.74. The van der Waals surface area contributed by atoms with Crippen molar-refractivity contribution in [3.05, 3.63) is 17.5 Å². The fourth-order valence-electron chi connectivity index (χ4n) is 2.68. The summed E-state index contributed by atoms with van der Waals surface area (Å²) >= 11 is 5.74. The molecule has 1 heterocycles. The lowest BCUT2D eigenvalue weighted by molar-refractivity contribution is 0.191. The maximum Gasteiger partial charge on any atom is 0.224 e. The highest BCUT2D eigenvalue weighted by Gasteiger charge is 2.17. The van der Waals surface area contributed by atoms with Crippen molar-refractivity contribution < 1.29 is 0 Å². The first kappa shape index (κ1) is 14.5. The molecule has 5 heteroatoms. The molecule has 19 heavy (non-hydrogen) atoms. The summed E-state index contributed by atoms with van der Waals surface area (Å²) in [4.78, 5) is 10.5. The fraction of sp³-hybridized carbons (Fsp3) is 0.714. The van der Waals surface area contributed by atoms with Gasteiger partial charge in [0.1, 0.15) is 5.82 Å². The van der Waals surface area contributed by atoms with Gasteiger partial charge in [-0.25, -0.2) is 9.97 Å². The standard InChI is InChI=1S/C14H23ClN4/c1-19(12-6-3-2-4-7-12)11-5-9-16-13-8-10-17-14(15)18-13/h8,10,12H,2-7,9,11H2,1H3,(H,16,17,18). The van der Waals surface area contributed by atoms with E-state index in [-0.39, 0.29) is 0 Å². The molecule has 0 unspecified atom stereocenters. The average molecular weight is 283 g/mol. The fourth-order valence-corrected chi connectivity index (χ4v) is 2.83. The Hall–Kier alpha value is -0.870. The molecule has 0 atom stereocenters. The number of hydrogen-bond donors (Lipinski definition) is 1. The maximum atomic E-state index is 5.74. The number of nitrogens with one attached hydrogen (secondary N) is 1. The van der Waals surface area contributed by atoms with Crippen molar-refractivity contribution in [3.8, 4) is 0 Å². The summed E-state index contributed by atoms with van der Waals surface area (Å²) in [5.41, 5.74) is 0. The Labute approximate surface area is 120 Å². The van der Waals surface area contributed by atoms with Crippen LogP contribution < -0.4 is 5.32 Å². The highest BCUT2D eigenvalue weighted by Crippen LogP contribution is 2.21. The summed E-state index contributed by atoms with van der Waals surface area (Å²) in [5.74, 6) is 0.806. The van der Waals surface area contributed by atoms with Crippen molar-refractivity contribution in [3.63, 3.8) is 0 Å². The van der Waals surface area contributed by atoms with E-state index in [1.165, 1.54) is 32.1 Å². The van der Waals surface area contributed by atoms with Gasteiger partial charge < -0.3 is 10.2 Å².